The number of hydrogen-bond acceptors (Lipinski definition) is 4. The van der Waals surface area contributed by atoms with Gasteiger partial charge in [0.15, 0.2) is 11.6 Å². The molecule has 102 valence electrons. The molecule has 1 amide bonds. The van der Waals surface area contributed by atoms with Gasteiger partial charge in [-0.15, -0.1) is 0 Å². The van der Waals surface area contributed by atoms with Gasteiger partial charge in [-0.1, -0.05) is 12.8 Å². The van der Waals surface area contributed by atoms with Gasteiger partial charge in [0.25, 0.3) is 0 Å². The minimum absolute atomic E-state index is 0.00580. The van der Waals surface area contributed by atoms with Crippen molar-refractivity contribution in [3.63, 3.8) is 0 Å². The third-order valence-corrected chi connectivity index (χ3v) is 4.21. The summed E-state index contributed by atoms with van der Waals surface area (Å²) >= 11 is 0. The molecule has 1 saturated carbocycles. The Morgan fingerprint density at radius 3 is 3.05 bits per heavy atom. The van der Waals surface area contributed by atoms with Crippen molar-refractivity contribution < 1.29 is 9.90 Å². The lowest BCUT2D eigenvalue weighted by Crippen LogP contribution is -2.40. The van der Waals surface area contributed by atoms with E-state index in [2.05, 4.69) is 15.6 Å². The third-order valence-electron chi connectivity index (χ3n) is 4.21. The fraction of sp³-hybridized carbons (Fsp3) is 0.571. The molecule has 0 radical (unpaired) electrons. The van der Waals surface area contributed by atoms with E-state index in [0.717, 1.165) is 6.42 Å². The Hall–Kier alpha value is -1.62. The van der Waals surface area contributed by atoms with Gasteiger partial charge in [-0.2, -0.15) is 0 Å². The number of amides is 1. The van der Waals surface area contributed by atoms with Crippen molar-refractivity contribution in [2.24, 2.45) is 5.92 Å². The van der Waals surface area contributed by atoms with Gasteiger partial charge >= 0.3 is 0 Å². The Kier molecular flexibility index (Phi) is 3.38. The first-order valence-electron chi connectivity index (χ1n) is 6.95. The van der Waals surface area contributed by atoms with Crippen molar-refractivity contribution in [3.05, 3.63) is 18.3 Å². The summed E-state index contributed by atoms with van der Waals surface area (Å²) < 4.78 is 0. The molecule has 0 aromatic carbocycles. The maximum absolute atomic E-state index is 12.2. The molecule has 0 bridgehead atoms. The van der Waals surface area contributed by atoms with Gasteiger partial charge in [0.05, 0.1) is 6.04 Å². The highest BCUT2D eigenvalue weighted by Gasteiger charge is 2.38. The fourth-order valence-corrected chi connectivity index (χ4v) is 3.22. The summed E-state index contributed by atoms with van der Waals surface area (Å²) in [7, 11) is 0. The minimum Gasteiger partial charge on any atom is -0.504 e. The number of nitrogens with zero attached hydrogens (tertiary/aromatic N) is 1. The quantitative estimate of drug-likeness (QED) is 0.756. The molecule has 3 rings (SSSR count). The summed E-state index contributed by atoms with van der Waals surface area (Å²) in [6.07, 6.45) is 7.36. The van der Waals surface area contributed by atoms with Gasteiger partial charge in [0.2, 0.25) is 5.91 Å². The van der Waals surface area contributed by atoms with Gasteiger partial charge in [-0.05, 0) is 37.3 Å². The highest BCUT2D eigenvalue weighted by atomic mass is 16.3. The van der Waals surface area contributed by atoms with E-state index in [9.17, 15) is 9.90 Å². The van der Waals surface area contributed by atoms with Crippen LogP contribution in [0.3, 0.4) is 0 Å². The van der Waals surface area contributed by atoms with Crippen molar-refractivity contribution >= 4 is 11.7 Å². The molecule has 1 saturated heterocycles. The Labute approximate surface area is 112 Å². The molecule has 3 unspecified atom stereocenters. The van der Waals surface area contributed by atoms with E-state index in [0.29, 0.717) is 12.0 Å². The molecule has 2 aliphatic rings. The molecular weight excluding hydrogens is 242 g/mol. The average molecular weight is 261 g/mol. The van der Waals surface area contributed by atoms with E-state index in [1.165, 1.54) is 31.7 Å². The van der Waals surface area contributed by atoms with Gasteiger partial charge in [-0.3, -0.25) is 4.79 Å². The van der Waals surface area contributed by atoms with Crippen LogP contribution in [0.15, 0.2) is 18.3 Å². The van der Waals surface area contributed by atoms with Gasteiger partial charge in [0.1, 0.15) is 0 Å². The monoisotopic (exact) mass is 261 g/mol. The first-order chi connectivity index (χ1) is 9.24. The number of carbonyl (C=O) groups is 1. The zero-order chi connectivity index (χ0) is 13.2. The number of carbonyl (C=O) groups excluding carboxylic acids is 1. The molecule has 5 heteroatoms. The number of fused-ring (bicyclic) bond motifs is 1. The van der Waals surface area contributed by atoms with Gasteiger partial charge < -0.3 is 15.7 Å². The van der Waals surface area contributed by atoms with Crippen LogP contribution in [0.1, 0.15) is 32.1 Å². The van der Waals surface area contributed by atoms with Crippen molar-refractivity contribution in [1.82, 2.24) is 10.3 Å². The zero-order valence-corrected chi connectivity index (χ0v) is 10.8. The maximum atomic E-state index is 12.2. The van der Waals surface area contributed by atoms with Gasteiger partial charge in [0, 0.05) is 12.2 Å². The molecule has 1 aliphatic carbocycles. The minimum atomic E-state index is -0.158. The van der Waals surface area contributed by atoms with Crippen LogP contribution in [-0.4, -0.2) is 28.1 Å². The summed E-state index contributed by atoms with van der Waals surface area (Å²) in [6, 6.07) is 3.48. The zero-order valence-electron chi connectivity index (χ0n) is 10.8. The van der Waals surface area contributed by atoms with Crippen molar-refractivity contribution in [2.75, 3.05) is 5.32 Å². The highest BCUT2D eigenvalue weighted by Crippen LogP contribution is 2.33. The molecule has 0 spiro atoms. The van der Waals surface area contributed by atoms with E-state index >= 15 is 0 Å². The molecule has 19 heavy (non-hydrogen) atoms. The van der Waals surface area contributed by atoms with Gasteiger partial charge in [-0.25, -0.2) is 4.98 Å². The summed E-state index contributed by atoms with van der Waals surface area (Å²) in [6.45, 7) is 0. The fourth-order valence-electron chi connectivity index (χ4n) is 3.22. The maximum Gasteiger partial charge on any atom is 0.242 e. The number of rotatable bonds is 2. The number of aromatic hydroxyl groups is 1. The van der Waals surface area contributed by atoms with E-state index in [1.807, 2.05) is 0 Å². The SMILES string of the molecule is O=C(Nc1ncccc1O)C1CC2CCCCC2N1. The smallest absolute Gasteiger partial charge is 0.242 e. The van der Waals surface area contributed by atoms with Crippen LogP contribution in [-0.2, 0) is 4.79 Å². The first kappa shape index (κ1) is 12.4. The van der Waals surface area contributed by atoms with Crippen LogP contribution in [0.5, 0.6) is 5.75 Å². The van der Waals surface area contributed by atoms with Crippen molar-refractivity contribution in [2.45, 2.75) is 44.2 Å². The van der Waals surface area contributed by atoms with Crippen LogP contribution in [0.25, 0.3) is 0 Å². The number of aromatic nitrogens is 1. The average Bonchev–Trinajstić information content (AvgIpc) is 2.85. The summed E-state index contributed by atoms with van der Waals surface area (Å²) in [5, 5.41) is 15.7. The normalized spacial score (nSPS) is 29.8. The Balaban J connectivity index is 1.64. The molecule has 1 aliphatic heterocycles. The van der Waals surface area contributed by atoms with E-state index in [4.69, 9.17) is 0 Å². The van der Waals surface area contributed by atoms with Crippen LogP contribution >= 0.6 is 0 Å². The summed E-state index contributed by atoms with van der Waals surface area (Å²) in [4.78, 5) is 16.2. The Morgan fingerprint density at radius 2 is 2.26 bits per heavy atom. The lowest BCUT2D eigenvalue weighted by molar-refractivity contribution is -0.117. The first-order valence-corrected chi connectivity index (χ1v) is 6.95. The van der Waals surface area contributed by atoms with E-state index < -0.39 is 0 Å². The topological polar surface area (TPSA) is 74.2 Å². The molecule has 1 aromatic heterocycles. The number of pyridine rings is 1. The van der Waals surface area contributed by atoms with E-state index in [1.54, 1.807) is 12.3 Å². The number of hydrogen-bond donors (Lipinski definition) is 3. The largest absolute Gasteiger partial charge is 0.504 e. The lowest BCUT2D eigenvalue weighted by Gasteiger charge is -2.24. The predicted molar refractivity (Wildman–Crippen MR) is 71.8 cm³/mol. The van der Waals surface area contributed by atoms with E-state index in [-0.39, 0.29) is 23.5 Å². The summed E-state index contributed by atoms with van der Waals surface area (Å²) in [5.74, 6) is 0.778. The van der Waals surface area contributed by atoms with Crippen molar-refractivity contribution in [3.8, 4) is 5.75 Å². The lowest BCUT2D eigenvalue weighted by atomic mass is 9.85. The van der Waals surface area contributed by atoms with Crippen LogP contribution in [0.2, 0.25) is 0 Å². The Morgan fingerprint density at radius 1 is 1.42 bits per heavy atom. The molecular formula is C14H19N3O2. The molecule has 3 N–H and O–H groups in total. The van der Waals surface area contributed by atoms with Crippen LogP contribution < -0.4 is 10.6 Å². The number of nitrogens with one attached hydrogen (secondary N) is 2. The highest BCUT2D eigenvalue weighted by molar-refractivity contribution is 5.95. The standard InChI is InChI=1S/C14H19N3O2/c18-12-6-3-7-15-13(12)17-14(19)11-8-9-4-1-2-5-10(9)16-11/h3,6-7,9-11,16,18H,1-2,4-5,8H2,(H,15,17,19). The summed E-state index contributed by atoms with van der Waals surface area (Å²) in [5.41, 5.74) is 0. The van der Waals surface area contributed by atoms with Crippen molar-refractivity contribution in [1.29, 1.82) is 0 Å². The molecule has 1 aromatic rings. The Bertz CT molecular complexity index is 464. The second kappa shape index (κ2) is 5.17. The third kappa shape index (κ3) is 2.56. The second-order valence-electron chi connectivity index (χ2n) is 5.47. The molecule has 3 atom stereocenters. The molecule has 2 fully saturated rings. The van der Waals surface area contributed by atoms with Crippen LogP contribution in [0.4, 0.5) is 5.82 Å². The molecule has 5 nitrogen and oxygen atoms in total. The second-order valence-corrected chi connectivity index (χ2v) is 5.47. The molecule has 2 heterocycles. The van der Waals surface area contributed by atoms with Crippen LogP contribution in [0, 0.1) is 5.92 Å². The predicted octanol–water partition coefficient (Wildman–Crippen LogP) is 1.65. The number of anilines is 1.